The van der Waals surface area contributed by atoms with Gasteiger partial charge in [0.1, 0.15) is 17.1 Å². The van der Waals surface area contributed by atoms with E-state index in [4.69, 9.17) is 0 Å². The van der Waals surface area contributed by atoms with Crippen molar-refractivity contribution in [3.8, 4) is 11.3 Å². The fourth-order valence-electron chi connectivity index (χ4n) is 4.03. The van der Waals surface area contributed by atoms with Crippen molar-refractivity contribution in [1.82, 2.24) is 24.4 Å². The molecule has 0 fully saturated rings. The van der Waals surface area contributed by atoms with Gasteiger partial charge in [-0.1, -0.05) is 42.5 Å². The number of anilines is 1. The Balaban J connectivity index is 1.49. The molecule has 182 valence electrons. The van der Waals surface area contributed by atoms with Crippen LogP contribution in [0.2, 0.25) is 0 Å². The maximum atomic E-state index is 13.8. The quantitative estimate of drug-likeness (QED) is 0.337. The van der Waals surface area contributed by atoms with Crippen LogP contribution in [0.4, 0.5) is 18.9 Å². The van der Waals surface area contributed by atoms with Gasteiger partial charge in [0.15, 0.2) is 5.65 Å². The summed E-state index contributed by atoms with van der Waals surface area (Å²) in [5, 5.41) is 11.3. The molecule has 0 spiro atoms. The van der Waals surface area contributed by atoms with Crippen molar-refractivity contribution in [1.29, 1.82) is 0 Å². The zero-order valence-electron chi connectivity index (χ0n) is 19.4. The lowest BCUT2D eigenvalue weighted by Gasteiger charge is -2.09. The molecule has 0 unspecified atom stereocenters. The Morgan fingerprint density at radius 1 is 1.06 bits per heavy atom. The Hall–Kier alpha value is -4.47. The van der Waals surface area contributed by atoms with E-state index in [0.717, 1.165) is 10.1 Å². The molecular weight excluding hydrogens is 469 g/mol. The van der Waals surface area contributed by atoms with E-state index in [-0.39, 0.29) is 22.7 Å². The number of fused-ring (bicyclic) bond motifs is 1. The number of carbonyl (C=O) groups is 1. The van der Waals surface area contributed by atoms with Crippen LogP contribution in [0.15, 0.2) is 66.9 Å². The van der Waals surface area contributed by atoms with Crippen LogP contribution in [0, 0.1) is 19.7 Å². The highest BCUT2D eigenvalue weighted by Gasteiger charge is 2.23. The summed E-state index contributed by atoms with van der Waals surface area (Å²) in [7, 11) is 0. The summed E-state index contributed by atoms with van der Waals surface area (Å²) in [6.07, 6.45) is -1.59. The van der Waals surface area contributed by atoms with Gasteiger partial charge in [-0.3, -0.25) is 9.48 Å². The number of alkyl halides is 2. The second-order valence-electron chi connectivity index (χ2n) is 8.31. The summed E-state index contributed by atoms with van der Waals surface area (Å²) in [4.78, 5) is 17.7. The lowest BCUT2D eigenvalue weighted by molar-refractivity contribution is 0.102. The number of hydrogen-bond donors (Lipinski definition) is 1. The first-order chi connectivity index (χ1) is 17.3. The number of aryl methyl sites for hydroxylation is 1. The van der Waals surface area contributed by atoms with Crippen LogP contribution in [0.3, 0.4) is 0 Å². The third-order valence-corrected chi connectivity index (χ3v) is 5.90. The second-order valence-corrected chi connectivity index (χ2v) is 8.31. The minimum Gasteiger partial charge on any atom is -0.319 e. The number of nitrogens with zero attached hydrogens (tertiary/aromatic N) is 5. The lowest BCUT2D eigenvalue weighted by atomic mass is 10.1. The van der Waals surface area contributed by atoms with Crippen molar-refractivity contribution >= 4 is 17.2 Å². The first kappa shape index (κ1) is 23.3. The fourth-order valence-corrected chi connectivity index (χ4v) is 4.03. The Bertz CT molecular complexity index is 1560. The summed E-state index contributed by atoms with van der Waals surface area (Å²) in [6.45, 7) is 3.94. The third kappa shape index (κ3) is 4.33. The van der Waals surface area contributed by atoms with Crippen molar-refractivity contribution in [2.75, 3.05) is 5.32 Å². The number of nitrogens with one attached hydrogen (secondary N) is 1. The highest BCUT2D eigenvalue weighted by Crippen LogP contribution is 2.28. The Morgan fingerprint density at radius 2 is 1.78 bits per heavy atom. The van der Waals surface area contributed by atoms with E-state index in [9.17, 15) is 18.0 Å². The summed E-state index contributed by atoms with van der Waals surface area (Å²) in [6, 6.07) is 16.2. The van der Waals surface area contributed by atoms with Gasteiger partial charge in [-0.2, -0.15) is 10.2 Å². The number of carbonyl (C=O) groups excluding carboxylic acids is 1. The van der Waals surface area contributed by atoms with Gasteiger partial charge < -0.3 is 5.32 Å². The predicted octanol–water partition coefficient (Wildman–Crippen LogP) is 5.59. The van der Waals surface area contributed by atoms with Gasteiger partial charge in [-0.25, -0.2) is 22.7 Å². The van der Waals surface area contributed by atoms with Crippen LogP contribution in [0.5, 0.6) is 0 Å². The van der Waals surface area contributed by atoms with Crippen LogP contribution in [0.1, 0.15) is 39.4 Å². The van der Waals surface area contributed by atoms with E-state index >= 15 is 0 Å². The molecule has 0 saturated carbocycles. The minimum absolute atomic E-state index is 0.0261. The molecule has 0 saturated heterocycles. The van der Waals surface area contributed by atoms with Crippen LogP contribution >= 0.6 is 0 Å². The number of halogens is 3. The molecule has 1 amide bonds. The minimum atomic E-state index is -2.82. The van der Waals surface area contributed by atoms with Crippen molar-refractivity contribution in [2.45, 2.75) is 26.8 Å². The lowest BCUT2D eigenvalue weighted by Crippen LogP contribution is -2.14. The largest absolute Gasteiger partial charge is 0.319 e. The average Bonchev–Trinajstić information content (AvgIpc) is 3.41. The van der Waals surface area contributed by atoms with Gasteiger partial charge in [0, 0.05) is 5.56 Å². The summed E-state index contributed by atoms with van der Waals surface area (Å²) < 4.78 is 43.6. The molecule has 5 aromatic rings. The van der Waals surface area contributed by atoms with Crippen molar-refractivity contribution in [3.63, 3.8) is 0 Å². The molecule has 0 bridgehead atoms. The number of rotatable bonds is 6. The molecule has 36 heavy (non-hydrogen) atoms. The average molecular weight is 490 g/mol. The topological polar surface area (TPSA) is 77.1 Å². The van der Waals surface area contributed by atoms with Crippen molar-refractivity contribution in [3.05, 3.63) is 101 Å². The molecule has 7 nitrogen and oxygen atoms in total. The number of amides is 1. The zero-order chi connectivity index (χ0) is 25.4. The molecule has 2 aromatic carbocycles. The van der Waals surface area contributed by atoms with E-state index in [2.05, 4.69) is 20.5 Å². The molecule has 1 N–H and O–H groups in total. The van der Waals surface area contributed by atoms with Crippen LogP contribution < -0.4 is 5.32 Å². The van der Waals surface area contributed by atoms with Crippen molar-refractivity contribution < 1.29 is 18.0 Å². The molecule has 0 atom stereocenters. The highest BCUT2D eigenvalue weighted by molar-refractivity contribution is 6.08. The molecule has 3 aromatic heterocycles. The Kier molecular flexibility index (Phi) is 6.01. The monoisotopic (exact) mass is 490 g/mol. The SMILES string of the molecule is Cc1nn(Cc2ccc(F)cc2)c(C)c1NC(=O)c1cnn2c(C(F)F)cc(-c3ccccc3)nc12. The van der Waals surface area contributed by atoms with Crippen LogP contribution in [0.25, 0.3) is 16.9 Å². The van der Waals surface area contributed by atoms with E-state index in [0.29, 0.717) is 34.9 Å². The van der Waals surface area contributed by atoms with Gasteiger partial charge >= 0.3 is 0 Å². The Labute approximate surface area is 204 Å². The van der Waals surface area contributed by atoms with E-state index < -0.39 is 12.3 Å². The van der Waals surface area contributed by atoms with E-state index in [1.54, 1.807) is 54.9 Å². The maximum absolute atomic E-state index is 13.8. The van der Waals surface area contributed by atoms with Gasteiger partial charge in [0.25, 0.3) is 12.3 Å². The molecule has 5 rings (SSSR count). The fraction of sp³-hybridized carbons (Fsp3) is 0.154. The van der Waals surface area contributed by atoms with Crippen molar-refractivity contribution in [2.24, 2.45) is 0 Å². The summed E-state index contributed by atoms with van der Waals surface area (Å²) in [5.41, 5.74) is 3.28. The highest BCUT2D eigenvalue weighted by atomic mass is 19.3. The predicted molar refractivity (Wildman–Crippen MR) is 129 cm³/mol. The third-order valence-electron chi connectivity index (χ3n) is 5.90. The molecule has 10 heteroatoms. The molecule has 0 aliphatic heterocycles. The smallest absolute Gasteiger partial charge is 0.280 e. The first-order valence-corrected chi connectivity index (χ1v) is 11.1. The number of hydrogen-bond acceptors (Lipinski definition) is 4. The van der Waals surface area contributed by atoms with Crippen LogP contribution in [-0.2, 0) is 6.54 Å². The number of benzene rings is 2. The molecule has 0 aliphatic rings. The molecule has 0 aliphatic carbocycles. The molecule has 0 radical (unpaired) electrons. The number of aromatic nitrogens is 5. The zero-order valence-corrected chi connectivity index (χ0v) is 19.4. The normalized spacial score (nSPS) is 11.4. The molecular formula is C26H21F3N6O. The maximum Gasteiger partial charge on any atom is 0.280 e. The van der Waals surface area contributed by atoms with Gasteiger partial charge in [0.05, 0.1) is 35.5 Å². The van der Waals surface area contributed by atoms with Gasteiger partial charge in [-0.15, -0.1) is 0 Å². The van der Waals surface area contributed by atoms with Crippen LogP contribution in [-0.4, -0.2) is 30.3 Å². The molecule has 3 heterocycles. The Morgan fingerprint density at radius 3 is 2.47 bits per heavy atom. The van der Waals surface area contributed by atoms with Gasteiger partial charge in [0.2, 0.25) is 0 Å². The van der Waals surface area contributed by atoms with E-state index in [1.165, 1.54) is 24.4 Å². The summed E-state index contributed by atoms with van der Waals surface area (Å²) in [5.74, 6) is -0.872. The van der Waals surface area contributed by atoms with E-state index in [1.807, 2.05) is 6.07 Å². The van der Waals surface area contributed by atoms with Gasteiger partial charge in [-0.05, 0) is 37.6 Å². The first-order valence-electron chi connectivity index (χ1n) is 11.1. The summed E-state index contributed by atoms with van der Waals surface area (Å²) >= 11 is 0. The second kappa shape index (κ2) is 9.29. The standard InChI is InChI=1S/C26H21F3N6O/c1-15-23(16(2)34(33-15)14-17-8-10-19(27)11-9-17)32-26(36)20-13-30-35-22(24(28)29)12-21(31-25(20)35)18-6-4-3-5-7-18/h3-13,24H,14H2,1-2H3,(H,32,36).